The van der Waals surface area contributed by atoms with Gasteiger partial charge in [-0.25, -0.2) is 4.98 Å². The van der Waals surface area contributed by atoms with E-state index in [-0.39, 0.29) is 12.8 Å². The topological polar surface area (TPSA) is 188 Å². The summed E-state index contributed by atoms with van der Waals surface area (Å²) in [4.78, 5) is 33.5. The van der Waals surface area contributed by atoms with E-state index in [0.29, 0.717) is 12.1 Å². The molecule has 0 bridgehead atoms. The maximum atomic E-state index is 13.0. The van der Waals surface area contributed by atoms with Gasteiger partial charge in [0.15, 0.2) is 0 Å². The number of aromatic nitrogens is 2. The van der Waals surface area contributed by atoms with Gasteiger partial charge in [0.25, 0.3) is 5.69 Å². The Balaban J connectivity index is 2.66. The van der Waals surface area contributed by atoms with E-state index in [4.69, 9.17) is 5.26 Å². The highest BCUT2D eigenvalue weighted by Gasteiger charge is 2.35. The van der Waals surface area contributed by atoms with Crippen molar-refractivity contribution in [2.24, 2.45) is 0 Å². The minimum absolute atomic E-state index is 0.0153. The minimum atomic E-state index is -2.23. The normalized spacial score (nSPS) is 12.7. The molecular weight excluding hydrogens is 384 g/mol. The Kier molecular flexibility index (Phi) is 5.88. The third kappa shape index (κ3) is 4.10. The molecule has 140 valence electrons. The van der Waals surface area contributed by atoms with Gasteiger partial charge in [0.2, 0.25) is 0 Å². The zero-order valence-corrected chi connectivity index (χ0v) is 14.1. The number of benzene rings is 1. The summed E-state index contributed by atoms with van der Waals surface area (Å²) >= 11 is 0. The van der Waals surface area contributed by atoms with Crippen molar-refractivity contribution in [1.82, 2.24) is 9.55 Å². The second-order valence-corrected chi connectivity index (χ2v) is 6.62. The summed E-state index contributed by atoms with van der Waals surface area (Å²) in [5.41, 5.74) is -2.98. The molecule has 0 saturated carbocycles. The molecule has 1 heterocycles. The SMILES string of the molecule is N#CCCC(n1ccnc1)S(=O)c1cc([N+](=O)[O-])c([N+](=O)[O-])cc1[N+](=O)[O-]. The lowest BCUT2D eigenvalue weighted by Gasteiger charge is -2.16. The van der Waals surface area contributed by atoms with Gasteiger partial charge in [-0.3, -0.25) is 34.6 Å². The Bertz CT molecular complexity index is 968. The van der Waals surface area contributed by atoms with E-state index in [2.05, 4.69) is 4.98 Å². The monoisotopic (exact) mass is 394 g/mol. The summed E-state index contributed by atoms with van der Waals surface area (Å²) < 4.78 is 14.3. The Morgan fingerprint density at radius 1 is 1.11 bits per heavy atom. The van der Waals surface area contributed by atoms with Crippen LogP contribution in [0.4, 0.5) is 17.1 Å². The van der Waals surface area contributed by atoms with Crippen LogP contribution in [0.2, 0.25) is 0 Å². The highest BCUT2D eigenvalue weighted by atomic mass is 32.2. The quantitative estimate of drug-likeness (QED) is 0.477. The van der Waals surface area contributed by atoms with Crippen LogP contribution in [-0.4, -0.2) is 28.5 Å². The van der Waals surface area contributed by atoms with E-state index < -0.39 is 52.9 Å². The predicted octanol–water partition coefficient (Wildman–Crippen LogP) is 2.22. The molecule has 1 aromatic heterocycles. The Morgan fingerprint density at radius 2 is 1.70 bits per heavy atom. The van der Waals surface area contributed by atoms with Crippen LogP contribution in [-0.2, 0) is 10.8 Å². The highest BCUT2D eigenvalue weighted by molar-refractivity contribution is 7.85. The van der Waals surface area contributed by atoms with Crippen LogP contribution in [0.3, 0.4) is 0 Å². The van der Waals surface area contributed by atoms with E-state index in [0.717, 1.165) is 0 Å². The first-order chi connectivity index (χ1) is 12.8. The molecule has 2 rings (SSSR count). The van der Waals surface area contributed by atoms with Crippen LogP contribution in [0, 0.1) is 41.7 Å². The molecule has 14 heteroatoms. The third-order valence-corrected chi connectivity index (χ3v) is 5.20. The Hall–Kier alpha value is -3.73. The largest absolute Gasteiger partial charge is 0.352 e. The molecule has 0 spiro atoms. The number of nitro benzene ring substituents is 3. The number of rotatable bonds is 8. The average molecular weight is 394 g/mol. The van der Waals surface area contributed by atoms with Gasteiger partial charge in [-0.2, -0.15) is 5.26 Å². The van der Waals surface area contributed by atoms with Crippen LogP contribution >= 0.6 is 0 Å². The van der Waals surface area contributed by atoms with Crippen LogP contribution in [0.5, 0.6) is 0 Å². The zero-order valence-electron chi connectivity index (χ0n) is 13.3. The second-order valence-electron chi connectivity index (χ2n) is 5.04. The van der Waals surface area contributed by atoms with Gasteiger partial charge >= 0.3 is 11.4 Å². The zero-order chi connectivity index (χ0) is 20.1. The molecule has 2 aromatic rings. The molecule has 0 aliphatic rings. The molecule has 2 unspecified atom stereocenters. The number of hydrogen-bond donors (Lipinski definition) is 0. The number of nitrogens with zero attached hydrogens (tertiary/aromatic N) is 6. The minimum Gasteiger partial charge on any atom is -0.322 e. The summed E-state index contributed by atoms with van der Waals surface area (Å²) in [5, 5.41) is 41.2. The number of hydrogen-bond acceptors (Lipinski definition) is 9. The number of imidazole rings is 1. The molecule has 0 fully saturated rings. The summed E-state index contributed by atoms with van der Waals surface area (Å²) in [6.07, 6.45) is 4.04. The van der Waals surface area contributed by atoms with E-state index in [9.17, 15) is 34.6 Å². The first-order valence-electron chi connectivity index (χ1n) is 7.14. The second kappa shape index (κ2) is 8.10. The molecule has 1 aromatic carbocycles. The molecule has 0 radical (unpaired) electrons. The Labute approximate surface area is 152 Å². The van der Waals surface area contributed by atoms with E-state index in [1.54, 1.807) is 0 Å². The summed E-state index contributed by atoms with van der Waals surface area (Å²) in [6, 6.07) is 2.85. The van der Waals surface area contributed by atoms with Crippen LogP contribution in [0.1, 0.15) is 18.2 Å². The van der Waals surface area contributed by atoms with Crippen molar-refractivity contribution in [3.63, 3.8) is 0 Å². The lowest BCUT2D eigenvalue weighted by atomic mass is 10.2. The van der Waals surface area contributed by atoms with Crippen molar-refractivity contribution in [3.8, 4) is 6.07 Å². The third-order valence-electron chi connectivity index (χ3n) is 3.47. The average Bonchev–Trinajstić information content (AvgIpc) is 3.14. The molecule has 0 saturated heterocycles. The molecule has 0 N–H and O–H groups in total. The molecule has 0 amide bonds. The predicted molar refractivity (Wildman–Crippen MR) is 88.9 cm³/mol. The van der Waals surface area contributed by atoms with Gasteiger partial charge in [-0.1, -0.05) is 0 Å². The summed E-state index contributed by atoms with van der Waals surface area (Å²) in [7, 11) is -2.23. The first-order valence-corrected chi connectivity index (χ1v) is 8.35. The lowest BCUT2D eigenvalue weighted by Crippen LogP contribution is -2.15. The summed E-state index contributed by atoms with van der Waals surface area (Å²) in [5.74, 6) is 0. The van der Waals surface area contributed by atoms with Crippen LogP contribution in [0.25, 0.3) is 0 Å². The maximum absolute atomic E-state index is 13.0. The van der Waals surface area contributed by atoms with Crippen molar-refractivity contribution in [3.05, 3.63) is 61.2 Å². The van der Waals surface area contributed by atoms with Gasteiger partial charge < -0.3 is 4.57 Å². The van der Waals surface area contributed by atoms with Gasteiger partial charge in [-0.15, -0.1) is 0 Å². The van der Waals surface area contributed by atoms with Gasteiger partial charge in [0.05, 0.1) is 38.0 Å². The van der Waals surface area contributed by atoms with Gasteiger partial charge in [0, 0.05) is 24.9 Å². The van der Waals surface area contributed by atoms with E-state index >= 15 is 0 Å². The van der Waals surface area contributed by atoms with Crippen molar-refractivity contribution < 1.29 is 19.0 Å². The fraction of sp³-hybridized carbons (Fsp3) is 0.231. The summed E-state index contributed by atoms with van der Waals surface area (Å²) in [6.45, 7) is 0. The first kappa shape index (κ1) is 19.6. The lowest BCUT2D eigenvalue weighted by molar-refractivity contribution is -0.425. The Morgan fingerprint density at radius 3 is 2.19 bits per heavy atom. The van der Waals surface area contributed by atoms with Crippen molar-refractivity contribution in [2.45, 2.75) is 23.1 Å². The van der Waals surface area contributed by atoms with Crippen molar-refractivity contribution in [2.75, 3.05) is 0 Å². The van der Waals surface area contributed by atoms with Gasteiger partial charge in [-0.05, 0) is 6.42 Å². The van der Waals surface area contributed by atoms with Crippen molar-refractivity contribution in [1.29, 1.82) is 5.26 Å². The molecule has 0 aliphatic heterocycles. The van der Waals surface area contributed by atoms with E-state index in [1.165, 1.54) is 23.3 Å². The van der Waals surface area contributed by atoms with Crippen LogP contribution < -0.4 is 0 Å². The smallest absolute Gasteiger partial charge is 0.322 e. The number of nitriles is 1. The van der Waals surface area contributed by atoms with Crippen LogP contribution in [0.15, 0.2) is 35.7 Å². The van der Waals surface area contributed by atoms with Gasteiger partial charge in [0.1, 0.15) is 16.3 Å². The fourth-order valence-corrected chi connectivity index (χ4v) is 3.82. The molecular formula is C13H10N6O7S. The number of nitro groups is 3. The van der Waals surface area contributed by atoms with E-state index in [1.807, 2.05) is 6.07 Å². The highest BCUT2D eigenvalue weighted by Crippen LogP contribution is 2.38. The standard InChI is InChI=1S/C13H10N6O7S/c14-3-1-2-13(16-5-4-15-8-16)27(26)12-7-10(18(22)23)9(17(20)21)6-11(12)19(24)25/h4-8,13H,1-2H2. The van der Waals surface area contributed by atoms with Crippen molar-refractivity contribution >= 4 is 27.9 Å². The maximum Gasteiger partial charge on any atom is 0.352 e. The molecule has 27 heavy (non-hydrogen) atoms. The molecule has 2 atom stereocenters. The molecule has 13 nitrogen and oxygen atoms in total. The fourth-order valence-electron chi connectivity index (χ4n) is 2.28. The molecule has 0 aliphatic carbocycles.